The highest BCUT2D eigenvalue weighted by atomic mass is 16.1. The minimum absolute atomic E-state index is 0.0798. The number of carbonyl (C=O) groups excluding carboxylic acids is 1. The molecular formula is C26H27N3O. The fourth-order valence-electron chi connectivity index (χ4n) is 3.54. The lowest BCUT2D eigenvalue weighted by atomic mass is 10.1. The number of rotatable bonds is 6. The zero-order valence-electron chi connectivity index (χ0n) is 18.0. The van der Waals surface area contributed by atoms with Gasteiger partial charge in [0.05, 0.1) is 0 Å². The van der Waals surface area contributed by atoms with Gasteiger partial charge in [-0.15, -0.1) is 0 Å². The lowest BCUT2D eigenvalue weighted by Gasteiger charge is -2.10. The molecule has 4 heteroatoms. The molecule has 1 amide bonds. The van der Waals surface area contributed by atoms with E-state index >= 15 is 0 Å². The molecule has 0 spiro atoms. The minimum atomic E-state index is -0.404. The number of aromatic nitrogens is 1. The highest BCUT2D eigenvalue weighted by molar-refractivity contribution is 6.09. The van der Waals surface area contributed by atoms with Crippen molar-refractivity contribution >= 4 is 17.7 Å². The van der Waals surface area contributed by atoms with Crippen molar-refractivity contribution < 1.29 is 4.79 Å². The second kappa shape index (κ2) is 9.28. The highest BCUT2D eigenvalue weighted by Gasteiger charge is 2.14. The van der Waals surface area contributed by atoms with E-state index in [4.69, 9.17) is 0 Å². The molecule has 0 atom stereocenters. The van der Waals surface area contributed by atoms with Crippen LogP contribution in [-0.4, -0.2) is 10.5 Å². The average Bonchev–Trinajstić information content (AvgIpc) is 3.05. The minimum Gasteiger partial charge on any atom is -0.321 e. The summed E-state index contributed by atoms with van der Waals surface area (Å²) in [6.07, 6.45) is 3.60. The number of hydrogen-bond acceptors (Lipinski definition) is 2. The second-order valence-corrected chi connectivity index (χ2v) is 7.36. The first-order valence-corrected chi connectivity index (χ1v) is 10.3. The highest BCUT2D eigenvalue weighted by Crippen LogP contribution is 2.23. The Bertz CT molecular complexity index is 1110. The van der Waals surface area contributed by atoms with Gasteiger partial charge in [-0.1, -0.05) is 38.1 Å². The Kier molecular flexibility index (Phi) is 6.54. The summed E-state index contributed by atoms with van der Waals surface area (Å²) in [5.41, 5.74) is 7.22. The van der Waals surface area contributed by atoms with Crippen molar-refractivity contribution in [2.45, 2.75) is 40.5 Å². The number of carbonyl (C=O) groups is 1. The van der Waals surface area contributed by atoms with E-state index in [1.165, 1.54) is 11.1 Å². The smallest absolute Gasteiger partial charge is 0.266 e. The van der Waals surface area contributed by atoms with Crippen molar-refractivity contribution in [1.82, 2.24) is 4.57 Å². The van der Waals surface area contributed by atoms with Gasteiger partial charge in [-0.05, 0) is 79.8 Å². The molecule has 4 nitrogen and oxygen atoms in total. The van der Waals surface area contributed by atoms with Gasteiger partial charge in [-0.25, -0.2) is 0 Å². The molecule has 2 aromatic carbocycles. The summed E-state index contributed by atoms with van der Waals surface area (Å²) in [7, 11) is 0. The third-order valence-electron chi connectivity index (χ3n) is 5.36. The van der Waals surface area contributed by atoms with Crippen molar-refractivity contribution in [3.8, 4) is 11.8 Å². The summed E-state index contributed by atoms with van der Waals surface area (Å²) >= 11 is 0. The maximum absolute atomic E-state index is 12.6. The van der Waals surface area contributed by atoms with Crippen molar-refractivity contribution in [1.29, 1.82) is 5.26 Å². The first kappa shape index (κ1) is 21.1. The second-order valence-electron chi connectivity index (χ2n) is 7.36. The Morgan fingerprint density at radius 3 is 2.10 bits per heavy atom. The van der Waals surface area contributed by atoms with E-state index in [9.17, 15) is 10.1 Å². The van der Waals surface area contributed by atoms with Crippen LogP contribution in [0, 0.1) is 25.2 Å². The SMILES string of the molecule is CCc1ccc(NC(=O)/C(C#N)=C\c2cc(C)n(-c3ccc(CC)cc3)c2C)cc1. The number of nitriles is 1. The number of amides is 1. The Balaban J connectivity index is 1.88. The lowest BCUT2D eigenvalue weighted by Crippen LogP contribution is -2.13. The molecule has 0 saturated carbocycles. The van der Waals surface area contributed by atoms with Gasteiger partial charge in [0, 0.05) is 22.8 Å². The van der Waals surface area contributed by atoms with Gasteiger partial charge in [0.1, 0.15) is 11.6 Å². The number of nitrogens with one attached hydrogen (secondary N) is 1. The predicted molar refractivity (Wildman–Crippen MR) is 123 cm³/mol. The molecule has 0 bridgehead atoms. The van der Waals surface area contributed by atoms with E-state index in [1.54, 1.807) is 6.08 Å². The summed E-state index contributed by atoms with van der Waals surface area (Å²) in [5.74, 6) is -0.404. The number of anilines is 1. The van der Waals surface area contributed by atoms with Crippen LogP contribution in [-0.2, 0) is 17.6 Å². The van der Waals surface area contributed by atoms with E-state index < -0.39 is 5.91 Å². The largest absolute Gasteiger partial charge is 0.321 e. The van der Waals surface area contributed by atoms with Gasteiger partial charge in [0.2, 0.25) is 0 Å². The van der Waals surface area contributed by atoms with Gasteiger partial charge in [0.25, 0.3) is 5.91 Å². The van der Waals surface area contributed by atoms with Crippen LogP contribution in [0.5, 0.6) is 0 Å². The van der Waals surface area contributed by atoms with E-state index in [2.05, 4.69) is 48.0 Å². The summed E-state index contributed by atoms with van der Waals surface area (Å²) in [4.78, 5) is 12.6. The van der Waals surface area contributed by atoms with Crippen LogP contribution >= 0.6 is 0 Å². The Hall–Kier alpha value is -3.58. The Morgan fingerprint density at radius 1 is 1.00 bits per heavy atom. The molecule has 0 aliphatic carbocycles. The molecule has 0 unspecified atom stereocenters. The van der Waals surface area contributed by atoms with E-state index in [0.29, 0.717) is 5.69 Å². The monoisotopic (exact) mass is 397 g/mol. The summed E-state index contributed by atoms with van der Waals surface area (Å²) in [6, 6.07) is 20.2. The molecule has 30 heavy (non-hydrogen) atoms. The van der Waals surface area contributed by atoms with Gasteiger partial charge in [-0.3, -0.25) is 4.79 Å². The van der Waals surface area contributed by atoms with Gasteiger partial charge < -0.3 is 9.88 Å². The summed E-state index contributed by atoms with van der Waals surface area (Å²) in [5, 5.41) is 12.4. The van der Waals surface area contributed by atoms with Crippen molar-refractivity contribution in [2.24, 2.45) is 0 Å². The van der Waals surface area contributed by atoms with Crippen LogP contribution in [0.25, 0.3) is 11.8 Å². The van der Waals surface area contributed by atoms with Crippen molar-refractivity contribution in [3.05, 3.63) is 88.2 Å². The first-order valence-electron chi connectivity index (χ1n) is 10.3. The van der Waals surface area contributed by atoms with Gasteiger partial charge in [0.15, 0.2) is 0 Å². The van der Waals surface area contributed by atoms with Crippen molar-refractivity contribution in [2.75, 3.05) is 5.32 Å². The van der Waals surface area contributed by atoms with Crippen LogP contribution in [0.4, 0.5) is 5.69 Å². The Morgan fingerprint density at radius 2 is 1.57 bits per heavy atom. The third kappa shape index (κ3) is 4.52. The summed E-state index contributed by atoms with van der Waals surface area (Å²) in [6.45, 7) is 8.25. The fraction of sp³-hybridized carbons (Fsp3) is 0.231. The normalized spacial score (nSPS) is 11.2. The molecule has 1 heterocycles. The molecule has 0 fully saturated rings. The first-order chi connectivity index (χ1) is 14.5. The average molecular weight is 398 g/mol. The number of benzene rings is 2. The van der Waals surface area contributed by atoms with Crippen LogP contribution < -0.4 is 5.32 Å². The zero-order valence-corrected chi connectivity index (χ0v) is 18.0. The molecule has 0 radical (unpaired) electrons. The molecular weight excluding hydrogens is 370 g/mol. The molecule has 0 aliphatic rings. The Labute approximate surface area is 178 Å². The zero-order chi connectivity index (χ0) is 21.7. The maximum atomic E-state index is 12.6. The van der Waals surface area contributed by atoms with E-state index in [0.717, 1.165) is 35.5 Å². The van der Waals surface area contributed by atoms with Crippen LogP contribution in [0.1, 0.15) is 41.9 Å². The third-order valence-corrected chi connectivity index (χ3v) is 5.36. The van der Waals surface area contributed by atoms with Crippen molar-refractivity contribution in [3.63, 3.8) is 0 Å². The molecule has 152 valence electrons. The quantitative estimate of drug-likeness (QED) is 0.424. The number of aryl methyl sites for hydroxylation is 3. The predicted octanol–water partition coefficient (Wildman–Crippen LogP) is 5.76. The topological polar surface area (TPSA) is 57.8 Å². The van der Waals surface area contributed by atoms with Crippen LogP contribution in [0.2, 0.25) is 0 Å². The van der Waals surface area contributed by atoms with E-state index in [-0.39, 0.29) is 5.57 Å². The molecule has 0 saturated heterocycles. The lowest BCUT2D eigenvalue weighted by molar-refractivity contribution is -0.112. The molecule has 3 rings (SSSR count). The molecule has 1 aromatic heterocycles. The van der Waals surface area contributed by atoms with Gasteiger partial charge >= 0.3 is 0 Å². The number of hydrogen-bond donors (Lipinski definition) is 1. The standard InChI is InChI=1S/C26H27N3O/c1-5-20-7-11-24(12-8-20)28-26(30)23(17-27)16-22-15-18(3)29(19(22)4)25-13-9-21(6-2)10-14-25/h7-16H,5-6H2,1-4H3,(H,28,30)/b23-16-. The van der Waals surface area contributed by atoms with Gasteiger partial charge in [-0.2, -0.15) is 5.26 Å². The summed E-state index contributed by atoms with van der Waals surface area (Å²) < 4.78 is 2.14. The molecule has 1 N–H and O–H groups in total. The van der Waals surface area contributed by atoms with E-state index in [1.807, 2.05) is 50.2 Å². The van der Waals surface area contributed by atoms with Crippen LogP contribution in [0.15, 0.2) is 60.2 Å². The number of nitrogens with zero attached hydrogens (tertiary/aromatic N) is 2. The molecule has 0 aliphatic heterocycles. The molecule has 3 aromatic rings. The van der Waals surface area contributed by atoms with Crippen LogP contribution in [0.3, 0.4) is 0 Å². The maximum Gasteiger partial charge on any atom is 0.266 e. The fourth-order valence-corrected chi connectivity index (χ4v) is 3.54.